The van der Waals surface area contributed by atoms with Crippen LogP contribution in [0.3, 0.4) is 0 Å². The van der Waals surface area contributed by atoms with Crippen LogP contribution in [0.1, 0.15) is 43.6 Å². The van der Waals surface area contributed by atoms with Gasteiger partial charge in [-0.1, -0.05) is 0 Å². The van der Waals surface area contributed by atoms with E-state index in [0.717, 1.165) is 4.88 Å². The molecule has 2 aromatic rings. The summed E-state index contributed by atoms with van der Waals surface area (Å²) in [6.07, 6.45) is 1.32. The van der Waals surface area contributed by atoms with E-state index in [9.17, 15) is 9.59 Å². The van der Waals surface area contributed by atoms with Crippen LogP contribution < -0.4 is 5.73 Å². The maximum absolute atomic E-state index is 12.4. The van der Waals surface area contributed by atoms with Crippen LogP contribution in [-0.4, -0.2) is 28.7 Å². The van der Waals surface area contributed by atoms with E-state index < -0.39 is 5.91 Å². The van der Waals surface area contributed by atoms with Crippen LogP contribution in [0.15, 0.2) is 30.5 Å². The lowest BCUT2D eigenvalue weighted by Gasteiger charge is -2.23. The lowest BCUT2D eigenvalue weighted by molar-refractivity contribution is 0.0738. The van der Waals surface area contributed by atoms with Crippen molar-refractivity contribution in [1.82, 2.24) is 9.88 Å². The van der Waals surface area contributed by atoms with Crippen molar-refractivity contribution >= 4 is 23.2 Å². The van der Waals surface area contributed by atoms with Crippen molar-refractivity contribution in [3.8, 4) is 0 Å². The Morgan fingerprint density at radius 1 is 1.29 bits per heavy atom. The van der Waals surface area contributed by atoms with Crippen LogP contribution in [0.4, 0.5) is 0 Å². The van der Waals surface area contributed by atoms with E-state index in [2.05, 4.69) is 4.98 Å². The molecular weight excluding hydrogens is 286 g/mol. The summed E-state index contributed by atoms with van der Waals surface area (Å²) in [5.41, 5.74) is 5.74. The standard InChI is InChI=1S/C15H17N3O2S/c1-9-4-7-13(21-9)10(2)18(3)15(20)12-6-5-11(8-17-12)14(16)19/h4-8,10H,1-3H3,(H2,16,19)/t10-/m1/s1. The third kappa shape index (κ3) is 3.28. The Bertz CT molecular complexity index is 664. The van der Waals surface area contributed by atoms with E-state index in [-0.39, 0.29) is 17.5 Å². The summed E-state index contributed by atoms with van der Waals surface area (Å²) >= 11 is 1.67. The lowest BCUT2D eigenvalue weighted by atomic mass is 10.2. The van der Waals surface area contributed by atoms with Gasteiger partial charge < -0.3 is 10.6 Å². The van der Waals surface area contributed by atoms with Crippen molar-refractivity contribution in [2.45, 2.75) is 19.9 Å². The molecule has 0 aliphatic rings. The van der Waals surface area contributed by atoms with Gasteiger partial charge in [0.2, 0.25) is 5.91 Å². The van der Waals surface area contributed by atoms with Gasteiger partial charge in [-0.15, -0.1) is 11.3 Å². The number of hydrogen-bond donors (Lipinski definition) is 1. The largest absolute Gasteiger partial charge is 0.366 e. The average Bonchev–Trinajstić information content (AvgIpc) is 2.91. The van der Waals surface area contributed by atoms with Crippen molar-refractivity contribution in [1.29, 1.82) is 0 Å². The van der Waals surface area contributed by atoms with Gasteiger partial charge in [-0.3, -0.25) is 14.6 Å². The van der Waals surface area contributed by atoms with Crippen LogP contribution in [-0.2, 0) is 0 Å². The van der Waals surface area contributed by atoms with E-state index in [1.807, 2.05) is 26.0 Å². The first kappa shape index (κ1) is 15.2. The van der Waals surface area contributed by atoms with E-state index in [1.54, 1.807) is 23.3 Å². The molecule has 2 N–H and O–H groups in total. The molecule has 0 bridgehead atoms. The fourth-order valence-corrected chi connectivity index (χ4v) is 2.86. The smallest absolute Gasteiger partial charge is 0.272 e. The molecule has 6 heteroatoms. The maximum atomic E-state index is 12.4. The van der Waals surface area contributed by atoms with Gasteiger partial charge >= 0.3 is 0 Å². The molecule has 0 fully saturated rings. The zero-order valence-electron chi connectivity index (χ0n) is 12.2. The molecule has 21 heavy (non-hydrogen) atoms. The molecule has 0 radical (unpaired) electrons. The predicted molar refractivity (Wildman–Crippen MR) is 82.3 cm³/mol. The Balaban J connectivity index is 2.16. The summed E-state index contributed by atoms with van der Waals surface area (Å²) in [7, 11) is 1.74. The maximum Gasteiger partial charge on any atom is 0.272 e. The van der Waals surface area contributed by atoms with Crippen LogP contribution in [0.25, 0.3) is 0 Å². The second kappa shape index (κ2) is 6.05. The minimum atomic E-state index is -0.558. The monoisotopic (exact) mass is 303 g/mol. The minimum Gasteiger partial charge on any atom is -0.366 e. The zero-order chi connectivity index (χ0) is 15.6. The van der Waals surface area contributed by atoms with E-state index in [1.165, 1.54) is 23.2 Å². The highest BCUT2D eigenvalue weighted by Gasteiger charge is 2.21. The Labute approximate surface area is 127 Å². The summed E-state index contributed by atoms with van der Waals surface area (Å²) in [4.78, 5) is 31.4. The molecule has 2 heterocycles. The number of carbonyl (C=O) groups excluding carboxylic acids is 2. The number of rotatable bonds is 4. The third-order valence-corrected chi connectivity index (χ3v) is 4.51. The molecule has 0 aliphatic carbocycles. The Kier molecular flexibility index (Phi) is 4.37. The number of hydrogen-bond acceptors (Lipinski definition) is 4. The molecule has 2 rings (SSSR count). The predicted octanol–water partition coefficient (Wildman–Crippen LogP) is 2.38. The highest BCUT2D eigenvalue weighted by Crippen LogP contribution is 2.27. The fraction of sp³-hybridized carbons (Fsp3) is 0.267. The highest BCUT2D eigenvalue weighted by molar-refractivity contribution is 7.12. The summed E-state index contributed by atoms with van der Waals surface area (Å²) in [5, 5.41) is 0. The van der Waals surface area contributed by atoms with E-state index in [4.69, 9.17) is 5.73 Å². The summed E-state index contributed by atoms with van der Waals surface area (Å²) < 4.78 is 0. The summed E-state index contributed by atoms with van der Waals surface area (Å²) in [6.45, 7) is 4.01. The molecule has 0 saturated heterocycles. The number of nitrogens with two attached hydrogens (primary N) is 1. The fourth-order valence-electron chi connectivity index (χ4n) is 1.89. The topological polar surface area (TPSA) is 76.3 Å². The average molecular weight is 303 g/mol. The number of amides is 2. The first-order chi connectivity index (χ1) is 9.90. The number of thiophene rings is 1. The van der Waals surface area contributed by atoms with Gasteiger partial charge in [-0.25, -0.2) is 0 Å². The second-order valence-corrected chi connectivity index (χ2v) is 6.16. The number of aromatic nitrogens is 1. The quantitative estimate of drug-likeness (QED) is 0.942. The Hall–Kier alpha value is -2.21. The number of carbonyl (C=O) groups is 2. The van der Waals surface area contributed by atoms with E-state index in [0.29, 0.717) is 5.69 Å². The number of aryl methyl sites for hydroxylation is 1. The third-order valence-electron chi connectivity index (χ3n) is 3.34. The molecule has 2 amide bonds. The molecule has 0 aromatic carbocycles. The molecule has 110 valence electrons. The lowest BCUT2D eigenvalue weighted by Crippen LogP contribution is -2.30. The first-order valence-electron chi connectivity index (χ1n) is 6.49. The summed E-state index contributed by atoms with van der Waals surface area (Å²) in [5.74, 6) is -0.748. The molecular formula is C15H17N3O2S. The number of primary amides is 1. The number of nitrogens with zero attached hydrogens (tertiary/aromatic N) is 2. The molecule has 0 spiro atoms. The first-order valence-corrected chi connectivity index (χ1v) is 7.31. The molecule has 2 aromatic heterocycles. The highest BCUT2D eigenvalue weighted by atomic mass is 32.1. The number of pyridine rings is 1. The van der Waals surface area contributed by atoms with Crippen LogP contribution in [0.2, 0.25) is 0 Å². The van der Waals surface area contributed by atoms with Crippen molar-refractivity contribution in [3.05, 3.63) is 51.5 Å². The van der Waals surface area contributed by atoms with Gasteiger partial charge in [0.1, 0.15) is 5.69 Å². The molecule has 1 atom stereocenters. The minimum absolute atomic E-state index is 0.0335. The van der Waals surface area contributed by atoms with Gasteiger partial charge in [-0.2, -0.15) is 0 Å². The second-order valence-electron chi connectivity index (χ2n) is 4.84. The van der Waals surface area contributed by atoms with Crippen LogP contribution in [0.5, 0.6) is 0 Å². The van der Waals surface area contributed by atoms with Gasteiger partial charge in [0.15, 0.2) is 0 Å². The normalized spacial score (nSPS) is 12.0. The molecule has 0 saturated carbocycles. The summed E-state index contributed by atoms with van der Waals surface area (Å²) in [6, 6.07) is 7.06. The SMILES string of the molecule is Cc1ccc([C@@H](C)N(C)C(=O)c2ccc(C(N)=O)cn2)s1. The molecule has 0 aliphatic heterocycles. The van der Waals surface area contributed by atoms with Gasteiger partial charge in [0.05, 0.1) is 11.6 Å². The van der Waals surface area contributed by atoms with Crippen molar-refractivity contribution < 1.29 is 9.59 Å². The molecule has 0 unspecified atom stereocenters. The Morgan fingerprint density at radius 3 is 2.48 bits per heavy atom. The zero-order valence-corrected chi connectivity index (χ0v) is 13.0. The van der Waals surface area contributed by atoms with Crippen LogP contribution >= 0.6 is 11.3 Å². The van der Waals surface area contributed by atoms with Gasteiger partial charge in [-0.05, 0) is 38.1 Å². The van der Waals surface area contributed by atoms with Gasteiger partial charge in [0.25, 0.3) is 5.91 Å². The van der Waals surface area contributed by atoms with Gasteiger partial charge in [0, 0.05) is 23.0 Å². The van der Waals surface area contributed by atoms with Crippen molar-refractivity contribution in [2.75, 3.05) is 7.05 Å². The van der Waals surface area contributed by atoms with Crippen molar-refractivity contribution in [2.24, 2.45) is 5.73 Å². The van der Waals surface area contributed by atoms with Crippen LogP contribution in [0, 0.1) is 6.92 Å². The van der Waals surface area contributed by atoms with Crippen molar-refractivity contribution in [3.63, 3.8) is 0 Å². The Morgan fingerprint density at radius 2 is 2.00 bits per heavy atom. The molecule has 5 nitrogen and oxygen atoms in total. The van der Waals surface area contributed by atoms with E-state index >= 15 is 0 Å².